The van der Waals surface area contributed by atoms with E-state index in [-0.39, 0.29) is 10.4 Å². The molecular weight excluding hydrogens is 513 g/mol. The molecule has 0 aliphatic carbocycles. The van der Waals surface area contributed by atoms with E-state index < -0.39 is 17.6 Å². The minimum atomic E-state index is -2.75. The van der Waals surface area contributed by atoms with Crippen LogP contribution in [0.1, 0.15) is 106 Å². The summed E-state index contributed by atoms with van der Waals surface area (Å²) in [7, 11) is -5.45. The maximum Gasteiger partial charge on any atom is 0.500 e. The van der Waals surface area contributed by atoms with Crippen molar-refractivity contribution < 1.29 is 31.4 Å². The normalized spacial score (nSPS) is 13.3. The second-order valence-corrected chi connectivity index (χ2v) is 15.5. The monoisotopic (exact) mass is 568 g/mol. The maximum atomic E-state index is 12.9. The van der Waals surface area contributed by atoms with Crippen molar-refractivity contribution in [1.29, 1.82) is 0 Å². The van der Waals surface area contributed by atoms with E-state index in [0.717, 1.165) is 44.2 Å². The molecule has 0 aromatic rings. The van der Waals surface area contributed by atoms with Gasteiger partial charge >= 0.3 is 17.6 Å². The summed E-state index contributed by atoms with van der Waals surface area (Å²) in [5.41, 5.74) is 0. The zero-order valence-electron chi connectivity index (χ0n) is 24.4. The summed E-state index contributed by atoms with van der Waals surface area (Å²) in [6.07, 6.45) is 9.02. The van der Waals surface area contributed by atoms with Gasteiger partial charge in [0.25, 0.3) is 0 Å². The third-order valence-corrected chi connectivity index (χ3v) is 13.3. The second-order valence-electron chi connectivity index (χ2n) is 8.67. The topological polar surface area (TPSA) is 72.5 Å². The molecule has 10 heteroatoms. The van der Waals surface area contributed by atoms with Crippen LogP contribution in [0.15, 0.2) is 0 Å². The average Bonchev–Trinajstić information content (AvgIpc) is 2.83. The summed E-state index contributed by atoms with van der Waals surface area (Å²) in [5.74, 6) is 0. The van der Waals surface area contributed by atoms with E-state index >= 15 is 0 Å². The molecule has 0 saturated heterocycles. The summed E-state index contributed by atoms with van der Waals surface area (Å²) in [4.78, 5) is 12.9. The highest BCUT2D eigenvalue weighted by Gasteiger charge is 2.42. The Morgan fingerprint density at radius 1 is 0.583 bits per heavy atom. The van der Waals surface area contributed by atoms with Gasteiger partial charge in [0.2, 0.25) is 0 Å². The van der Waals surface area contributed by atoms with Crippen LogP contribution in [-0.4, -0.2) is 67.6 Å². The van der Waals surface area contributed by atoms with Gasteiger partial charge in [0.15, 0.2) is 5.12 Å². The Kier molecular flexibility index (Phi) is 23.3. The Labute approximate surface area is 228 Å². The van der Waals surface area contributed by atoms with Crippen LogP contribution in [0.3, 0.4) is 0 Å². The number of thioether (sulfide) groups is 1. The predicted molar refractivity (Wildman–Crippen MR) is 154 cm³/mol. The van der Waals surface area contributed by atoms with Gasteiger partial charge in [-0.1, -0.05) is 44.4 Å². The lowest BCUT2D eigenvalue weighted by atomic mass is 10.1. The lowest BCUT2D eigenvalue weighted by Crippen LogP contribution is -2.46. The Balaban J connectivity index is 5.28. The largest absolute Gasteiger partial charge is 0.500 e. The fraction of sp³-hybridized carbons (Fsp3) is 0.962. The molecule has 0 amide bonds. The molecule has 0 aliphatic heterocycles. The molecule has 0 spiro atoms. The van der Waals surface area contributed by atoms with E-state index in [1.807, 2.05) is 41.5 Å². The molecule has 7 nitrogen and oxygen atoms in total. The first kappa shape index (κ1) is 36.2. The van der Waals surface area contributed by atoms with Gasteiger partial charge in [-0.15, -0.1) is 0 Å². The van der Waals surface area contributed by atoms with E-state index in [9.17, 15) is 4.79 Å². The van der Waals surface area contributed by atoms with Crippen LogP contribution >= 0.6 is 11.8 Å². The van der Waals surface area contributed by atoms with Crippen molar-refractivity contribution in [2.45, 2.75) is 124 Å². The Morgan fingerprint density at radius 3 is 1.47 bits per heavy atom. The number of rotatable bonds is 26. The first-order valence-corrected chi connectivity index (χ1v) is 19.2. The highest BCUT2D eigenvalue weighted by atomic mass is 32.2. The zero-order chi connectivity index (χ0) is 27.1. The minimum Gasteiger partial charge on any atom is -0.374 e. The van der Waals surface area contributed by atoms with Crippen LogP contribution in [-0.2, 0) is 31.4 Å². The SMILES string of the molecule is CCCCCCCC(=O)SC(CCC[Si](OCC)(OCC)OCC)CC[Si](OCC)(OCC)OCC. The average molecular weight is 569 g/mol. The Bertz CT molecular complexity index is 494. The van der Waals surface area contributed by atoms with Crippen molar-refractivity contribution in [2.75, 3.05) is 39.6 Å². The molecule has 216 valence electrons. The van der Waals surface area contributed by atoms with E-state index in [2.05, 4.69) is 6.92 Å². The maximum absolute atomic E-state index is 12.9. The third-order valence-electron chi connectivity index (χ3n) is 5.75. The van der Waals surface area contributed by atoms with E-state index in [0.29, 0.717) is 46.1 Å². The first-order chi connectivity index (χ1) is 17.4. The number of carbonyl (C=O) groups is 1. The predicted octanol–water partition coefficient (Wildman–Crippen LogP) is 7.24. The molecule has 0 radical (unpaired) electrons. The summed E-state index contributed by atoms with van der Waals surface area (Å²) in [6, 6.07) is 1.48. The van der Waals surface area contributed by atoms with Crippen molar-refractivity contribution in [3.05, 3.63) is 0 Å². The Hall–Kier alpha value is 0.214. The molecule has 0 N–H and O–H groups in total. The number of unbranched alkanes of at least 4 members (excludes halogenated alkanes) is 4. The van der Waals surface area contributed by atoms with Crippen LogP contribution in [0.5, 0.6) is 0 Å². The van der Waals surface area contributed by atoms with Crippen LogP contribution in [0, 0.1) is 0 Å². The van der Waals surface area contributed by atoms with Gasteiger partial charge in [-0.3, -0.25) is 4.79 Å². The van der Waals surface area contributed by atoms with Crippen molar-refractivity contribution >= 4 is 34.5 Å². The lowest BCUT2D eigenvalue weighted by molar-refractivity contribution is -0.111. The summed E-state index contributed by atoms with van der Waals surface area (Å²) in [6.45, 7) is 17.5. The molecule has 0 saturated carbocycles. The number of hydrogen-bond donors (Lipinski definition) is 0. The van der Waals surface area contributed by atoms with E-state index in [1.54, 1.807) is 0 Å². The van der Waals surface area contributed by atoms with Gasteiger partial charge in [-0.05, 0) is 67.2 Å². The summed E-state index contributed by atoms with van der Waals surface area (Å²) < 4.78 is 36.3. The van der Waals surface area contributed by atoms with Crippen molar-refractivity contribution in [3.63, 3.8) is 0 Å². The van der Waals surface area contributed by atoms with Crippen LogP contribution in [0.2, 0.25) is 12.1 Å². The van der Waals surface area contributed by atoms with E-state index in [1.165, 1.54) is 31.0 Å². The third kappa shape index (κ3) is 16.2. The fourth-order valence-electron chi connectivity index (χ4n) is 4.27. The molecule has 0 rings (SSSR count). The second kappa shape index (κ2) is 23.1. The fourth-order valence-corrected chi connectivity index (χ4v) is 11.0. The van der Waals surface area contributed by atoms with Gasteiger partial charge in [0, 0.05) is 63.4 Å². The summed E-state index contributed by atoms with van der Waals surface area (Å²) >= 11 is 1.50. The molecule has 0 aliphatic rings. The van der Waals surface area contributed by atoms with Gasteiger partial charge < -0.3 is 26.6 Å². The molecule has 0 aromatic heterocycles. The Morgan fingerprint density at radius 2 is 1.03 bits per heavy atom. The van der Waals surface area contributed by atoms with Crippen LogP contribution in [0.25, 0.3) is 0 Å². The summed E-state index contributed by atoms with van der Waals surface area (Å²) in [5, 5.41) is 0.467. The van der Waals surface area contributed by atoms with E-state index in [4.69, 9.17) is 26.6 Å². The molecule has 36 heavy (non-hydrogen) atoms. The molecule has 0 heterocycles. The lowest BCUT2D eigenvalue weighted by Gasteiger charge is -2.30. The van der Waals surface area contributed by atoms with Crippen LogP contribution in [0.4, 0.5) is 0 Å². The zero-order valence-corrected chi connectivity index (χ0v) is 27.2. The number of carbonyl (C=O) groups excluding carboxylic acids is 1. The molecule has 0 aromatic carbocycles. The molecule has 1 unspecified atom stereocenters. The molecular formula is C26H56O7SSi2. The molecule has 1 atom stereocenters. The van der Waals surface area contributed by atoms with Crippen molar-refractivity contribution in [3.8, 4) is 0 Å². The van der Waals surface area contributed by atoms with Gasteiger partial charge in [0.05, 0.1) is 0 Å². The van der Waals surface area contributed by atoms with Gasteiger partial charge in [-0.25, -0.2) is 0 Å². The van der Waals surface area contributed by atoms with Crippen molar-refractivity contribution in [2.24, 2.45) is 0 Å². The quantitative estimate of drug-likeness (QED) is 0.0798. The van der Waals surface area contributed by atoms with Crippen LogP contribution < -0.4 is 0 Å². The molecule has 0 fully saturated rings. The minimum absolute atomic E-state index is 0.179. The van der Waals surface area contributed by atoms with Gasteiger partial charge in [-0.2, -0.15) is 0 Å². The van der Waals surface area contributed by atoms with Gasteiger partial charge in [0.1, 0.15) is 0 Å². The standard InChI is InChI=1S/C26H56O7SSi2/c1-8-15-16-17-18-21-26(27)34-25(22-24-36(31-12-5,32-13-6)33-14-7)20-19-23-35(28-9-2,29-10-3)30-11-4/h25H,8-24H2,1-7H3. The number of hydrogen-bond acceptors (Lipinski definition) is 8. The first-order valence-electron chi connectivity index (χ1n) is 14.4. The highest BCUT2D eigenvalue weighted by molar-refractivity contribution is 8.14. The molecule has 0 bridgehead atoms. The van der Waals surface area contributed by atoms with Crippen molar-refractivity contribution in [1.82, 2.24) is 0 Å². The highest BCUT2D eigenvalue weighted by Crippen LogP contribution is 2.31. The smallest absolute Gasteiger partial charge is 0.374 e.